The van der Waals surface area contributed by atoms with Crippen LogP contribution >= 0.6 is 0 Å². The lowest BCUT2D eigenvalue weighted by Gasteiger charge is -2.15. The Hall–Kier alpha value is -0.0800. The van der Waals surface area contributed by atoms with Gasteiger partial charge in [0, 0.05) is 6.04 Å². The van der Waals surface area contributed by atoms with E-state index in [1.54, 1.807) is 0 Å². The van der Waals surface area contributed by atoms with Crippen molar-refractivity contribution < 1.29 is 0 Å². The summed E-state index contributed by atoms with van der Waals surface area (Å²) in [6.07, 6.45) is 9.23. The van der Waals surface area contributed by atoms with E-state index in [1.165, 1.54) is 51.5 Å². The maximum atomic E-state index is 5.45. The maximum absolute atomic E-state index is 5.45. The first kappa shape index (κ1) is 15.9. The van der Waals surface area contributed by atoms with Gasteiger partial charge in [0.1, 0.15) is 0 Å². The molecule has 3 N–H and O–H groups in total. The minimum Gasteiger partial charge on any atom is -0.330 e. The molecule has 0 saturated heterocycles. The molecule has 0 rings (SSSR count). The molecule has 16 heavy (non-hydrogen) atoms. The van der Waals surface area contributed by atoms with Crippen LogP contribution in [0, 0.1) is 5.92 Å². The zero-order valence-electron chi connectivity index (χ0n) is 11.6. The topological polar surface area (TPSA) is 38.0 Å². The van der Waals surface area contributed by atoms with Gasteiger partial charge in [-0.15, -0.1) is 0 Å². The molecule has 98 valence electrons. The van der Waals surface area contributed by atoms with E-state index in [4.69, 9.17) is 5.73 Å². The lowest BCUT2D eigenvalue weighted by atomic mass is 10.1. The summed E-state index contributed by atoms with van der Waals surface area (Å²) in [5.41, 5.74) is 5.45. The van der Waals surface area contributed by atoms with E-state index >= 15 is 0 Å². The Labute approximate surface area is 102 Å². The molecule has 0 bridgehead atoms. The number of hydrogen-bond acceptors (Lipinski definition) is 2. The molecule has 0 aliphatic rings. The second-order valence-electron chi connectivity index (χ2n) is 5.39. The highest BCUT2D eigenvalue weighted by molar-refractivity contribution is 4.62. The molecular weight excluding hydrogens is 196 g/mol. The van der Waals surface area contributed by atoms with Crippen LogP contribution in [0.2, 0.25) is 0 Å². The van der Waals surface area contributed by atoms with Crippen molar-refractivity contribution in [3.05, 3.63) is 0 Å². The van der Waals surface area contributed by atoms with Crippen LogP contribution in [0.25, 0.3) is 0 Å². The highest BCUT2D eigenvalue weighted by Gasteiger charge is 2.02. The first-order valence-electron chi connectivity index (χ1n) is 7.10. The van der Waals surface area contributed by atoms with E-state index in [0.717, 1.165) is 12.5 Å². The van der Waals surface area contributed by atoms with E-state index in [-0.39, 0.29) is 0 Å². The zero-order valence-corrected chi connectivity index (χ0v) is 11.6. The van der Waals surface area contributed by atoms with Crippen molar-refractivity contribution >= 4 is 0 Å². The summed E-state index contributed by atoms with van der Waals surface area (Å²) in [5.74, 6) is 0.804. The largest absolute Gasteiger partial charge is 0.330 e. The standard InChI is InChI=1S/C14H32N2/c1-13(2)12-14(3)16-11-9-7-5-4-6-8-10-15/h13-14,16H,4-12,15H2,1-3H3. The molecule has 0 aromatic rings. The Morgan fingerprint density at radius 1 is 0.875 bits per heavy atom. The molecule has 0 aliphatic heterocycles. The maximum Gasteiger partial charge on any atom is 0.00411 e. The second-order valence-corrected chi connectivity index (χ2v) is 5.39. The molecule has 0 aliphatic carbocycles. The first-order chi connectivity index (χ1) is 7.66. The van der Waals surface area contributed by atoms with Crippen LogP contribution in [0.3, 0.4) is 0 Å². The summed E-state index contributed by atoms with van der Waals surface area (Å²) in [5, 5.41) is 3.60. The Balaban J connectivity index is 3.08. The lowest BCUT2D eigenvalue weighted by Crippen LogP contribution is -2.28. The van der Waals surface area contributed by atoms with E-state index in [1.807, 2.05) is 0 Å². The molecule has 0 aromatic carbocycles. The fraction of sp³-hybridized carbons (Fsp3) is 1.00. The van der Waals surface area contributed by atoms with Crippen molar-refractivity contribution in [3.63, 3.8) is 0 Å². The monoisotopic (exact) mass is 228 g/mol. The Bertz CT molecular complexity index is 135. The second kappa shape index (κ2) is 11.4. The highest BCUT2D eigenvalue weighted by Crippen LogP contribution is 2.06. The van der Waals surface area contributed by atoms with Gasteiger partial charge in [0.15, 0.2) is 0 Å². The highest BCUT2D eigenvalue weighted by atomic mass is 14.9. The van der Waals surface area contributed by atoms with E-state index in [9.17, 15) is 0 Å². The molecule has 2 heteroatoms. The Kier molecular flexibility index (Phi) is 11.3. The van der Waals surface area contributed by atoms with Crippen LogP contribution in [0.15, 0.2) is 0 Å². The van der Waals surface area contributed by atoms with Gasteiger partial charge in [-0.1, -0.05) is 39.5 Å². The van der Waals surface area contributed by atoms with Crippen LogP contribution in [-0.4, -0.2) is 19.1 Å². The van der Waals surface area contributed by atoms with Gasteiger partial charge in [-0.05, 0) is 45.2 Å². The smallest absolute Gasteiger partial charge is 0.00411 e. The van der Waals surface area contributed by atoms with Crippen molar-refractivity contribution in [3.8, 4) is 0 Å². The summed E-state index contributed by atoms with van der Waals surface area (Å²) in [6, 6.07) is 0.678. The molecule has 0 amide bonds. The minimum absolute atomic E-state index is 0.678. The zero-order chi connectivity index (χ0) is 12.2. The number of nitrogens with two attached hydrogens (primary N) is 1. The normalized spacial score (nSPS) is 13.3. The number of nitrogens with one attached hydrogen (secondary N) is 1. The molecule has 0 spiro atoms. The molecule has 0 saturated carbocycles. The predicted molar refractivity (Wildman–Crippen MR) is 73.7 cm³/mol. The van der Waals surface area contributed by atoms with E-state index in [2.05, 4.69) is 26.1 Å². The summed E-state index contributed by atoms with van der Waals surface area (Å²) in [7, 11) is 0. The third kappa shape index (κ3) is 12.0. The van der Waals surface area contributed by atoms with Gasteiger partial charge < -0.3 is 11.1 Å². The van der Waals surface area contributed by atoms with Crippen molar-refractivity contribution in [1.82, 2.24) is 5.32 Å². The van der Waals surface area contributed by atoms with Gasteiger partial charge in [0.2, 0.25) is 0 Å². The van der Waals surface area contributed by atoms with E-state index < -0.39 is 0 Å². The lowest BCUT2D eigenvalue weighted by molar-refractivity contribution is 0.434. The van der Waals surface area contributed by atoms with Crippen LogP contribution in [-0.2, 0) is 0 Å². The van der Waals surface area contributed by atoms with Gasteiger partial charge in [-0.3, -0.25) is 0 Å². The third-order valence-electron chi connectivity index (χ3n) is 2.95. The van der Waals surface area contributed by atoms with Crippen LogP contribution in [0.4, 0.5) is 0 Å². The predicted octanol–water partition coefficient (Wildman–Crippen LogP) is 3.31. The van der Waals surface area contributed by atoms with Crippen molar-refractivity contribution in [2.75, 3.05) is 13.1 Å². The van der Waals surface area contributed by atoms with Gasteiger partial charge in [-0.25, -0.2) is 0 Å². The summed E-state index contributed by atoms with van der Waals surface area (Å²) < 4.78 is 0. The molecule has 1 atom stereocenters. The molecule has 0 fully saturated rings. The Morgan fingerprint density at radius 2 is 1.44 bits per heavy atom. The Morgan fingerprint density at radius 3 is 2.00 bits per heavy atom. The van der Waals surface area contributed by atoms with Crippen LogP contribution in [0.1, 0.15) is 65.7 Å². The number of rotatable bonds is 11. The van der Waals surface area contributed by atoms with Crippen molar-refractivity contribution in [2.24, 2.45) is 11.7 Å². The fourth-order valence-corrected chi connectivity index (χ4v) is 2.12. The summed E-state index contributed by atoms with van der Waals surface area (Å²) in [6.45, 7) is 8.91. The number of unbranched alkanes of at least 4 members (excludes halogenated alkanes) is 5. The van der Waals surface area contributed by atoms with Crippen molar-refractivity contribution in [2.45, 2.75) is 71.8 Å². The minimum atomic E-state index is 0.678. The van der Waals surface area contributed by atoms with E-state index in [0.29, 0.717) is 6.04 Å². The quantitative estimate of drug-likeness (QED) is 0.532. The average Bonchev–Trinajstić information content (AvgIpc) is 2.21. The van der Waals surface area contributed by atoms with Crippen LogP contribution < -0.4 is 11.1 Å². The molecule has 0 aromatic heterocycles. The van der Waals surface area contributed by atoms with Gasteiger partial charge >= 0.3 is 0 Å². The molecule has 1 unspecified atom stereocenters. The summed E-state index contributed by atoms with van der Waals surface area (Å²) >= 11 is 0. The number of hydrogen-bond donors (Lipinski definition) is 2. The molecule has 0 heterocycles. The van der Waals surface area contributed by atoms with Gasteiger partial charge in [-0.2, -0.15) is 0 Å². The first-order valence-corrected chi connectivity index (χ1v) is 7.10. The fourth-order valence-electron chi connectivity index (χ4n) is 2.12. The van der Waals surface area contributed by atoms with Crippen LogP contribution in [0.5, 0.6) is 0 Å². The van der Waals surface area contributed by atoms with Crippen molar-refractivity contribution in [1.29, 1.82) is 0 Å². The molecular formula is C14H32N2. The molecule has 0 radical (unpaired) electrons. The van der Waals surface area contributed by atoms with Gasteiger partial charge in [0.05, 0.1) is 0 Å². The average molecular weight is 228 g/mol. The SMILES string of the molecule is CC(C)CC(C)NCCCCCCCCN. The third-order valence-corrected chi connectivity index (χ3v) is 2.95. The molecule has 2 nitrogen and oxygen atoms in total. The van der Waals surface area contributed by atoms with Gasteiger partial charge in [0.25, 0.3) is 0 Å². The summed E-state index contributed by atoms with van der Waals surface area (Å²) in [4.78, 5) is 0.